The first-order chi connectivity index (χ1) is 11.5. The molecular formula is C17H22F2N4S. The maximum atomic E-state index is 13.6. The summed E-state index contributed by atoms with van der Waals surface area (Å²) in [5.41, 5.74) is 1.17. The van der Waals surface area contributed by atoms with Gasteiger partial charge in [0.15, 0.2) is 5.96 Å². The van der Waals surface area contributed by atoms with E-state index in [2.05, 4.69) is 27.5 Å². The number of guanidine groups is 1. The SMILES string of the molecule is CN=C(NCCc1nc(C)c(C)s1)NCCc1c(F)cccc1F. The van der Waals surface area contributed by atoms with E-state index in [0.29, 0.717) is 19.0 Å². The highest BCUT2D eigenvalue weighted by molar-refractivity contribution is 7.11. The Morgan fingerprint density at radius 1 is 1.12 bits per heavy atom. The van der Waals surface area contributed by atoms with E-state index in [0.717, 1.165) is 17.1 Å². The zero-order valence-electron chi connectivity index (χ0n) is 14.1. The number of nitrogens with zero attached hydrogens (tertiary/aromatic N) is 2. The molecule has 0 amide bonds. The Hall–Kier alpha value is -2.02. The van der Waals surface area contributed by atoms with Crippen molar-refractivity contribution in [1.82, 2.24) is 15.6 Å². The molecule has 1 aromatic carbocycles. The van der Waals surface area contributed by atoms with E-state index in [1.54, 1.807) is 18.4 Å². The first-order valence-electron chi connectivity index (χ1n) is 7.81. The van der Waals surface area contributed by atoms with Crippen molar-refractivity contribution in [3.63, 3.8) is 0 Å². The molecule has 0 unspecified atom stereocenters. The molecule has 1 aromatic heterocycles. The summed E-state index contributed by atoms with van der Waals surface area (Å²) >= 11 is 1.70. The van der Waals surface area contributed by atoms with Crippen LogP contribution in [-0.2, 0) is 12.8 Å². The van der Waals surface area contributed by atoms with Gasteiger partial charge in [0.25, 0.3) is 0 Å². The van der Waals surface area contributed by atoms with Crippen molar-refractivity contribution in [3.05, 3.63) is 51.0 Å². The summed E-state index contributed by atoms with van der Waals surface area (Å²) in [5, 5.41) is 7.33. The highest BCUT2D eigenvalue weighted by Crippen LogP contribution is 2.16. The van der Waals surface area contributed by atoms with Gasteiger partial charge in [-0.1, -0.05) is 6.07 Å². The van der Waals surface area contributed by atoms with Crippen molar-refractivity contribution in [2.75, 3.05) is 20.1 Å². The van der Waals surface area contributed by atoms with Gasteiger partial charge in [-0.25, -0.2) is 13.8 Å². The molecule has 0 radical (unpaired) electrons. The maximum Gasteiger partial charge on any atom is 0.191 e. The minimum absolute atomic E-state index is 0.0918. The van der Waals surface area contributed by atoms with Crippen LogP contribution in [0.25, 0.3) is 0 Å². The molecule has 2 aromatic rings. The van der Waals surface area contributed by atoms with Gasteiger partial charge in [0.05, 0.1) is 10.7 Å². The van der Waals surface area contributed by atoms with Crippen LogP contribution >= 0.6 is 11.3 Å². The Bertz CT molecular complexity index is 673. The lowest BCUT2D eigenvalue weighted by molar-refractivity contribution is 0.553. The molecule has 130 valence electrons. The molecule has 0 fully saturated rings. The largest absolute Gasteiger partial charge is 0.356 e. The molecule has 7 heteroatoms. The first kappa shape index (κ1) is 18.3. The normalized spacial score (nSPS) is 11.6. The summed E-state index contributed by atoms with van der Waals surface area (Å²) in [6, 6.07) is 3.90. The third-order valence-electron chi connectivity index (χ3n) is 3.66. The van der Waals surface area contributed by atoms with Crippen molar-refractivity contribution in [3.8, 4) is 0 Å². The van der Waals surface area contributed by atoms with Gasteiger partial charge in [-0.15, -0.1) is 11.3 Å². The van der Waals surface area contributed by atoms with Crippen LogP contribution in [0.15, 0.2) is 23.2 Å². The lowest BCUT2D eigenvalue weighted by Gasteiger charge is -2.12. The number of hydrogen-bond donors (Lipinski definition) is 2. The fourth-order valence-corrected chi connectivity index (χ4v) is 3.17. The summed E-state index contributed by atoms with van der Waals surface area (Å²) < 4.78 is 27.1. The van der Waals surface area contributed by atoms with Crippen molar-refractivity contribution < 1.29 is 8.78 Å². The third-order valence-corrected chi connectivity index (χ3v) is 4.79. The van der Waals surface area contributed by atoms with E-state index < -0.39 is 11.6 Å². The van der Waals surface area contributed by atoms with Gasteiger partial charge < -0.3 is 10.6 Å². The molecule has 2 rings (SSSR count). The summed E-state index contributed by atoms with van der Waals surface area (Å²) in [7, 11) is 1.66. The molecule has 24 heavy (non-hydrogen) atoms. The molecule has 0 spiro atoms. The van der Waals surface area contributed by atoms with Gasteiger partial charge in [0, 0.05) is 37.0 Å². The van der Waals surface area contributed by atoms with Gasteiger partial charge >= 0.3 is 0 Å². The Kier molecular flexibility index (Phi) is 6.66. The van der Waals surface area contributed by atoms with E-state index >= 15 is 0 Å². The zero-order valence-corrected chi connectivity index (χ0v) is 14.9. The lowest BCUT2D eigenvalue weighted by Crippen LogP contribution is -2.39. The number of hydrogen-bond acceptors (Lipinski definition) is 3. The minimum Gasteiger partial charge on any atom is -0.356 e. The average molecular weight is 352 g/mol. The van der Waals surface area contributed by atoms with Crippen LogP contribution in [0.1, 0.15) is 21.1 Å². The Morgan fingerprint density at radius 3 is 2.29 bits per heavy atom. The molecule has 4 nitrogen and oxygen atoms in total. The molecule has 0 aliphatic rings. The average Bonchev–Trinajstić information content (AvgIpc) is 2.86. The standard InChI is InChI=1S/C17H22F2N4S/c1-11-12(2)24-16(23-11)8-10-22-17(20-3)21-9-7-13-14(18)5-4-6-15(13)19/h4-6H,7-10H2,1-3H3,(H2,20,21,22). The van der Waals surface area contributed by atoms with Crippen molar-refractivity contribution in [1.29, 1.82) is 0 Å². The van der Waals surface area contributed by atoms with Crippen LogP contribution < -0.4 is 10.6 Å². The zero-order chi connectivity index (χ0) is 17.5. The molecule has 0 aliphatic heterocycles. The third kappa shape index (κ3) is 4.99. The predicted molar refractivity (Wildman–Crippen MR) is 94.7 cm³/mol. The fourth-order valence-electron chi connectivity index (χ4n) is 2.23. The van der Waals surface area contributed by atoms with Gasteiger partial charge in [0.2, 0.25) is 0 Å². The number of halogens is 2. The van der Waals surface area contributed by atoms with Crippen LogP contribution in [0.2, 0.25) is 0 Å². The van der Waals surface area contributed by atoms with E-state index in [4.69, 9.17) is 0 Å². The number of aliphatic imine (C=N–C) groups is 1. The van der Waals surface area contributed by atoms with Gasteiger partial charge in [-0.3, -0.25) is 4.99 Å². The fraction of sp³-hybridized carbons (Fsp3) is 0.412. The molecule has 1 heterocycles. The Labute approximate surface area is 145 Å². The summed E-state index contributed by atoms with van der Waals surface area (Å²) in [6.45, 7) is 5.16. The Balaban J connectivity index is 1.76. The predicted octanol–water partition coefficient (Wildman–Crippen LogP) is 2.99. The van der Waals surface area contributed by atoms with Crippen LogP contribution in [0, 0.1) is 25.5 Å². The highest BCUT2D eigenvalue weighted by Gasteiger charge is 2.08. The van der Waals surface area contributed by atoms with E-state index in [-0.39, 0.29) is 12.0 Å². The summed E-state index contributed by atoms with van der Waals surface area (Å²) in [5.74, 6) is -0.430. The summed E-state index contributed by atoms with van der Waals surface area (Å²) in [4.78, 5) is 9.83. The van der Waals surface area contributed by atoms with Crippen LogP contribution in [0.4, 0.5) is 8.78 Å². The molecule has 0 bridgehead atoms. The number of rotatable bonds is 6. The Morgan fingerprint density at radius 2 is 1.75 bits per heavy atom. The van der Waals surface area contributed by atoms with E-state index in [9.17, 15) is 8.78 Å². The topological polar surface area (TPSA) is 49.3 Å². The van der Waals surface area contributed by atoms with Gasteiger partial charge in [-0.2, -0.15) is 0 Å². The number of aryl methyl sites for hydroxylation is 2. The molecular weight excluding hydrogens is 330 g/mol. The lowest BCUT2D eigenvalue weighted by atomic mass is 10.1. The van der Waals surface area contributed by atoms with Crippen LogP contribution in [0.5, 0.6) is 0 Å². The second-order valence-electron chi connectivity index (χ2n) is 5.38. The molecule has 2 N–H and O–H groups in total. The van der Waals surface area contributed by atoms with Crippen molar-refractivity contribution >= 4 is 17.3 Å². The van der Waals surface area contributed by atoms with Gasteiger partial charge in [0.1, 0.15) is 11.6 Å². The smallest absolute Gasteiger partial charge is 0.191 e. The molecule has 0 saturated heterocycles. The molecule has 0 atom stereocenters. The van der Waals surface area contributed by atoms with Crippen molar-refractivity contribution in [2.45, 2.75) is 26.7 Å². The number of benzene rings is 1. The molecule has 0 aliphatic carbocycles. The first-order valence-corrected chi connectivity index (χ1v) is 8.63. The highest BCUT2D eigenvalue weighted by atomic mass is 32.1. The number of aromatic nitrogens is 1. The van der Waals surface area contributed by atoms with E-state index in [1.807, 2.05) is 6.92 Å². The molecule has 0 saturated carbocycles. The minimum atomic E-state index is -0.519. The number of thiazole rings is 1. The second-order valence-corrected chi connectivity index (χ2v) is 6.66. The van der Waals surface area contributed by atoms with Crippen molar-refractivity contribution in [2.24, 2.45) is 4.99 Å². The number of nitrogens with one attached hydrogen (secondary N) is 2. The van der Waals surface area contributed by atoms with Crippen LogP contribution in [0.3, 0.4) is 0 Å². The second kappa shape index (κ2) is 8.73. The maximum absolute atomic E-state index is 13.6. The monoisotopic (exact) mass is 352 g/mol. The summed E-state index contributed by atoms with van der Waals surface area (Å²) in [6.07, 6.45) is 1.06. The quantitative estimate of drug-likeness (QED) is 0.621. The van der Waals surface area contributed by atoms with Crippen LogP contribution in [-0.4, -0.2) is 31.1 Å². The van der Waals surface area contributed by atoms with Gasteiger partial charge in [-0.05, 0) is 32.4 Å². The van der Waals surface area contributed by atoms with E-state index in [1.165, 1.54) is 23.1 Å².